The van der Waals surface area contributed by atoms with Crippen LogP contribution < -0.4 is 5.32 Å². The number of amides is 1. The van der Waals surface area contributed by atoms with Crippen LogP contribution in [-0.4, -0.2) is 26.6 Å². The zero-order valence-electron chi connectivity index (χ0n) is 10.5. The Labute approximate surface area is 115 Å². The van der Waals surface area contributed by atoms with E-state index in [4.69, 9.17) is 0 Å². The van der Waals surface area contributed by atoms with E-state index in [0.717, 1.165) is 5.56 Å². The maximum atomic E-state index is 11.7. The minimum atomic E-state index is -0.0558. The van der Waals surface area contributed by atoms with E-state index in [1.165, 1.54) is 11.8 Å². The van der Waals surface area contributed by atoms with E-state index in [1.807, 2.05) is 13.0 Å². The molecule has 2 aromatic heterocycles. The van der Waals surface area contributed by atoms with Crippen LogP contribution in [0.2, 0.25) is 0 Å². The predicted octanol–water partition coefficient (Wildman–Crippen LogP) is 2.30. The zero-order chi connectivity index (χ0) is 13.5. The minimum absolute atomic E-state index is 0.0558. The summed E-state index contributed by atoms with van der Waals surface area (Å²) in [7, 11) is 0. The predicted molar refractivity (Wildman–Crippen MR) is 75.0 cm³/mol. The number of carbonyl (C=O) groups is 1. The number of rotatable bonds is 5. The lowest BCUT2D eigenvalue weighted by Crippen LogP contribution is -2.13. The SMILES string of the molecule is Cc1ccc(NC(=O)CCSc2ncccn2)nc1. The Hall–Kier alpha value is -1.95. The van der Waals surface area contributed by atoms with Crippen LogP contribution in [0.3, 0.4) is 0 Å². The van der Waals surface area contributed by atoms with Crippen LogP contribution in [0.5, 0.6) is 0 Å². The second-order valence-corrected chi connectivity index (χ2v) is 4.96. The highest BCUT2D eigenvalue weighted by atomic mass is 32.2. The monoisotopic (exact) mass is 274 g/mol. The summed E-state index contributed by atoms with van der Waals surface area (Å²) in [6, 6.07) is 5.47. The molecule has 98 valence electrons. The average Bonchev–Trinajstić information content (AvgIpc) is 2.43. The van der Waals surface area contributed by atoms with Gasteiger partial charge >= 0.3 is 0 Å². The molecule has 5 nitrogen and oxygen atoms in total. The second-order valence-electron chi connectivity index (χ2n) is 3.90. The number of nitrogens with one attached hydrogen (secondary N) is 1. The number of anilines is 1. The van der Waals surface area contributed by atoms with Crippen LogP contribution in [0, 0.1) is 6.92 Å². The summed E-state index contributed by atoms with van der Waals surface area (Å²) in [5.41, 5.74) is 1.06. The molecular weight excluding hydrogens is 260 g/mol. The summed E-state index contributed by atoms with van der Waals surface area (Å²) in [5, 5.41) is 3.44. The first-order chi connectivity index (χ1) is 9.24. The van der Waals surface area contributed by atoms with Gasteiger partial charge in [0.15, 0.2) is 5.16 Å². The number of carbonyl (C=O) groups excluding carboxylic acids is 1. The van der Waals surface area contributed by atoms with Gasteiger partial charge in [0.05, 0.1) is 0 Å². The van der Waals surface area contributed by atoms with Gasteiger partial charge in [-0.15, -0.1) is 0 Å². The van der Waals surface area contributed by atoms with Gasteiger partial charge in [0, 0.05) is 30.8 Å². The van der Waals surface area contributed by atoms with Crippen molar-refractivity contribution in [1.29, 1.82) is 0 Å². The second kappa shape index (κ2) is 6.84. The number of pyridine rings is 1. The molecule has 0 unspecified atom stereocenters. The van der Waals surface area contributed by atoms with Crippen molar-refractivity contribution in [3.05, 3.63) is 42.4 Å². The molecule has 0 aliphatic heterocycles. The molecule has 0 aliphatic carbocycles. The van der Waals surface area contributed by atoms with E-state index in [9.17, 15) is 4.79 Å². The van der Waals surface area contributed by atoms with Gasteiger partial charge in [0.2, 0.25) is 5.91 Å². The maximum absolute atomic E-state index is 11.7. The Kier molecular flexibility index (Phi) is 4.85. The largest absolute Gasteiger partial charge is 0.311 e. The quantitative estimate of drug-likeness (QED) is 0.669. The number of aromatic nitrogens is 3. The van der Waals surface area contributed by atoms with E-state index in [2.05, 4.69) is 20.3 Å². The molecule has 0 saturated carbocycles. The van der Waals surface area contributed by atoms with Gasteiger partial charge in [-0.05, 0) is 24.6 Å². The maximum Gasteiger partial charge on any atom is 0.226 e. The van der Waals surface area contributed by atoms with Crippen LogP contribution in [0.15, 0.2) is 41.9 Å². The van der Waals surface area contributed by atoms with Gasteiger partial charge in [0.1, 0.15) is 5.82 Å². The molecule has 0 radical (unpaired) electrons. The van der Waals surface area contributed by atoms with E-state index in [1.54, 1.807) is 30.7 Å². The Morgan fingerprint density at radius 3 is 2.74 bits per heavy atom. The Balaban J connectivity index is 1.74. The molecule has 0 saturated heterocycles. The van der Waals surface area contributed by atoms with Crippen LogP contribution in [0.25, 0.3) is 0 Å². The van der Waals surface area contributed by atoms with Gasteiger partial charge in [-0.2, -0.15) is 0 Å². The van der Waals surface area contributed by atoms with Gasteiger partial charge in [-0.1, -0.05) is 17.8 Å². The van der Waals surface area contributed by atoms with E-state index < -0.39 is 0 Å². The van der Waals surface area contributed by atoms with E-state index >= 15 is 0 Å². The lowest BCUT2D eigenvalue weighted by Gasteiger charge is -2.04. The average molecular weight is 274 g/mol. The van der Waals surface area contributed by atoms with E-state index in [0.29, 0.717) is 23.1 Å². The standard InChI is InChI=1S/C13H14N4OS/c1-10-3-4-11(16-9-10)17-12(18)5-8-19-13-14-6-2-7-15-13/h2-4,6-7,9H,5,8H2,1H3,(H,16,17,18). The van der Waals surface area contributed by atoms with Crippen LogP contribution >= 0.6 is 11.8 Å². The lowest BCUT2D eigenvalue weighted by molar-refractivity contribution is -0.115. The molecule has 1 amide bonds. The molecule has 2 heterocycles. The summed E-state index contributed by atoms with van der Waals surface area (Å²) in [6.45, 7) is 1.95. The smallest absolute Gasteiger partial charge is 0.226 e. The summed E-state index contributed by atoms with van der Waals surface area (Å²) in [5.74, 6) is 1.16. The fraction of sp³-hybridized carbons (Fsp3) is 0.231. The molecule has 0 aromatic carbocycles. The fourth-order valence-corrected chi connectivity index (χ4v) is 2.08. The number of hydrogen-bond donors (Lipinski definition) is 1. The molecule has 0 spiro atoms. The summed E-state index contributed by atoms with van der Waals surface area (Å²) in [6.07, 6.45) is 5.50. The summed E-state index contributed by atoms with van der Waals surface area (Å²) in [4.78, 5) is 24.0. The number of hydrogen-bond acceptors (Lipinski definition) is 5. The zero-order valence-corrected chi connectivity index (χ0v) is 11.4. The van der Waals surface area contributed by atoms with Crippen LogP contribution in [-0.2, 0) is 4.79 Å². The van der Waals surface area contributed by atoms with Gasteiger partial charge in [-0.3, -0.25) is 4.79 Å². The first-order valence-electron chi connectivity index (χ1n) is 5.86. The van der Waals surface area contributed by atoms with Crippen molar-refractivity contribution in [1.82, 2.24) is 15.0 Å². The first-order valence-corrected chi connectivity index (χ1v) is 6.85. The number of thioether (sulfide) groups is 1. The van der Waals surface area contributed by atoms with Crippen molar-refractivity contribution in [2.24, 2.45) is 0 Å². The molecule has 0 atom stereocenters. The Morgan fingerprint density at radius 2 is 2.05 bits per heavy atom. The molecule has 0 fully saturated rings. The highest BCUT2D eigenvalue weighted by molar-refractivity contribution is 7.99. The topological polar surface area (TPSA) is 67.8 Å². The molecule has 0 bridgehead atoms. The molecule has 2 rings (SSSR count). The van der Waals surface area contributed by atoms with Crippen molar-refractivity contribution in [3.8, 4) is 0 Å². The molecular formula is C13H14N4OS. The fourth-order valence-electron chi connectivity index (χ4n) is 1.34. The molecule has 1 N–H and O–H groups in total. The third kappa shape index (κ3) is 4.67. The number of nitrogens with zero attached hydrogens (tertiary/aromatic N) is 3. The van der Waals surface area contributed by atoms with Gasteiger partial charge in [-0.25, -0.2) is 15.0 Å². The Morgan fingerprint density at radius 1 is 1.26 bits per heavy atom. The lowest BCUT2D eigenvalue weighted by atomic mass is 10.3. The van der Waals surface area contributed by atoms with Crippen molar-refractivity contribution in [3.63, 3.8) is 0 Å². The third-order valence-electron chi connectivity index (χ3n) is 2.28. The molecule has 19 heavy (non-hydrogen) atoms. The highest BCUT2D eigenvalue weighted by Crippen LogP contribution is 2.12. The van der Waals surface area contributed by atoms with Gasteiger partial charge < -0.3 is 5.32 Å². The highest BCUT2D eigenvalue weighted by Gasteiger charge is 2.04. The van der Waals surface area contributed by atoms with Crippen molar-refractivity contribution < 1.29 is 4.79 Å². The van der Waals surface area contributed by atoms with Crippen LogP contribution in [0.4, 0.5) is 5.82 Å². The van der Waals surface area contributed by atoms with Gasteiger partial charge in [0.25, 0.3) is 0 Å². The third-order valence-corrected chi connectivity index (χ3v) is 3.16. The summed E-state index contributed by atoms with van der Waals surface area (Å²) >= 11 is 1.46. The normalized spacial score (nSPS) is 10.2. The van der Waals surface area contributed by atoms with Crippen molar-refractivity contribution >= 4 is 23.5 Å². The molecule has 2 aromatic rings. The van der Waals surface area contributed by atoms with Crippen molar-refractivity contribution in [2.75, 3.05) is 11.1 Å². The molecule has 6 heteroatoms. The Bertz CT molecular complexity index is 530. The summed E-state index contributed by atoms with van der Waals surface area (Å²) < 4.78 is 0. The number of aryl methyl sites for hydroxylation is 1. The van der Waals surface area contributed by atoms with Crippen molar-refractivity contribution in [2.45, 2.75) is 18.5 Å². The van der Waals surface area contributed by atoms with Crippen LogP contribution in [0.1, 0.15) is 12.0 Å². The molecule has 0 aliphatic rings. The first kappa shape index (κ1) is 13.5. The minimum Gasteiger partial charge on any atom is -0.311 e. The van der Waals surface area contributed by atoms with E-state index in [-0.39, 0.29) is 5.91 Å².